The van der Waals surface area contributed by atoms with Crippen LogP contribution in [0.3, 0.4) is 0 Å². The molecule has 0 heterocycles. The summed E-state index contributed by atoms with van der Waals surface area (Å²) in [5.74, 6) is 0. The van der Waals surface area contributed by atoms with E-state index in [2.05, 4.69) is 52.1 Å². The molecule has 0 saturated carbocycles. The van der Waals surface area contributed by atoms with Crippen molar-refractivity contribution < 1.29 is 0 Å². The SMILES string of the molecule is C=CC.CC(C)(C)c1ccccc1S. The minimum absolute atomic E-state index is 0.207. The van der Waals surface area contributed by atoms with Crippen molar-refractivity contribution >= 4 is 12.6 Å². The maximum Gasteiger partial charge on any atom is 0.00773 e. The molecule has 0 fully saturated rings. The van der Waals surface area contributed by atoms with E-state index in [1.165, 1.54) is 5.56 Å². The van der Waals surface area contributed by atoms with Crippen molar-refractivity contribution in [3.05, 3.63) is 42.5 Å². The lowest BCUT2D eigenvalue weighted by molar-refractivity contribution is 0.578. The van der Waals surface area contributed by atoms with Gasteiger partial charge in [0, 0.05) is 4.90 Å². The smallest absolute Gasteiger partial charge is 0.00773 e. The monoisotopic (exact) mass is 208 g/mol. The van der Waals surface area contributed by atoms with Crippen LogP contribution in [-0.2, 0) is 5.41 Å². The Morgan fingerprint density at radius 2 is 1.64 bits per heavy atom. The Kier molecular flexibility index (Phi) is 5.63. The molecule has 1 heteroatoms. The molecule has 0 N–H and O–H groups in total. The normalized spacial score (nSPS) is 10.1. The van der Waals surface area contributed by atoms with Crippen LogP contribution in [0.25, 0.3) is 0 Å². The molecule has 0 bridgehead atoms. The molecule has 0 radical (unpaired) electrons. The third-order valence-electron chi connectivity index (χ3n) is 1.71. The topological polar surface area (TPSA) is 0 Å². The molecular formula is C13H20S. The Labute approximate surface area is 93.5 Å². The minimum atomic E-state index is 0.207. The highest BCUT2D eigenvalue weighted by Crippen LogP contribution is 2.27. The Morgan fingerprint density at radius 1 is 1.21 bits per heavy atom. The van der Waals surface area contributed by atoms with E-state index in [1.807, 2.05) is 19.1 Å². The van der Waals surface area contributed by atoms with Gasteiger partial charge < -0.3 is 0 Å². The van der Waals surface area contributed by atoms with E-state index in [1.54, 1.807) is 6.08 Å². The second kappa shape index (κ2) is 5.92. The number of hydrogen-bond donors (Lipinski definition) is 1. The highest BCUT2D eigenvalue weighted by Gasteiger charge is 2.14. The summed E-state index contributed by atoms with van der Waals surface area (Å²) in [7, 11) is 0. The van der Waals surface area contributed by atoms with Crippen LogP contribution >= 0.6 is 12.6 Å². The van der Waals surface area contributed by atoms with Crippen molar-refractivity contribution in [2.45, 2.75) is 38.0 Å². The van der Waals surface area contributed by atoms with Crippen molar-refractivity contribution in [1.29, 1.82) is 0 Å². The molecule has 78 valence electrons. The first-order valence-corrected chi connectivity index (χ1v) is 5.23. The molecule has 0 unspecified atom stereocenters. The largest absolute Gasteiger partial charge is 0.143 e. The van der Waals surface area contributed by atoms with Gasteiger partial charge in [-0.2, -0.15) is 0 Å². The number of allylic oxidation sites excluding steroid dienone is 1. The van der Waals surface area contributed by atoms with E-state index in [9.17, 15) is 0 Å². The van der Waals surface area contributed by atoms with Gasteiger partial charge >= 0.3 is 0 Å². The second-order valence-electron chi connectivity index (χ2n) is 4.18. The molecule has 0 spiro atoms. The molecule has 0 aliphatic heterocycles. The number of thiol groups is 1. The summed E-state index contributed by atoms with van der Waals surface area (Å²) in [6.07, 6.45) is 1.75. The first-order valence-electron chi connectivity index (χ1n) is 4.79. The van der Waals surface area contributed by atoms with E-state index >= 15 is 0 Å². The van der Waals surface area contributed by atoms with E-state index in [0.29, 0.717) is 0 Å². The summed E-state index contributed by atoms with van der Waals surface area (Å²) in [6.45, 7) is 11.8. The summed E-state index contributed by atoms with van der Waals surface area (Å²) < 4.78 is 0. The Bertz CT molecular complexity index is 282. The predicted molar refractivity (Wildman–Crippen MR) is 68.3 cm³/mol. The highest BCUT2D eigenvalue weighted by atomic mass is 32.1. The van der Waals surface area contributed by atoms with Gasteiger partial charge in [0.25, 0.3) is 0 Å². The summed E-state index contributed by atoms with van der Waals surface area (Å²) in [5, 5.41) is 0. The maximum absolute atomic E-state index is 4.39. The fourth-order valence-corrected chi connectivity index (χ4v) is 1.60. The van der Waals surface area contributed by atoms with Crippen molar-refractivity contribution in [2.24, 2.45) is 0 Å². The van der Waals surface area contributed by atoms with Crippen molar-refractivity contribution in [1.82, 2.24) is 0 Å². The fraction of sp³-hybridized carbons (Fsp3) is 0.385. The van der Waals surface area contributed by atoms with E-state index in [-0.39, 0.29) is 5.41 Å². The summed E-state index contributed by atoms with van der Waals surface area (Å²) in [4.78, 5) is 1.08. The molecule has 0 aliphatic carbocycles. The molecule has 0 atom stereocenters. The summed E-state index contributed by atoms with van der Waals surface area (Å²) in [5.41, 5.74) is 1.52. The number of rotatable bonds is 0. The zero-order valence-electron chi connectivity index (χ0n) is 9.54. The van der Waals surface area contributed by atoms with Gasteiger partial charge in [-0.25, -0.2) is 0 Å². The van der Waals surface area contributed by atoms with E-state index in [4.69, 9.17) is 0 Å². The van der Waals surface area contributed by atoms with Crippen LogP contribution < -0.4 is 0 Å². The number of benzene rings is 1. The van der Waals surface area contributed by atoms with Crippen LogP contribution in [-0.4, -0.2) is 0 Å². The molecule has 0 amide bonds. The van der Waals surface area contributed by atoms with Gasteiger partial charge in [-0.1, -0.05) is 45.0 Å². The van der Waals surface area contributed by atoms with Crippen LogP contribution in [0.5, 0.6) is 0 Å². The van der Waals surface area contributed by atoms with Crippen LogP contribution in [0, 0.1) is 0 Å². The Hall–Kier alpha value is -0.690. The zero-order valence-corrected chi connectivity index (χ0v) is 10.4. The van der Waals surface area contributed by atoms with E-state index < -0.39 is 0 Å². The van der Waals surface area contributed by atoms with Gasteiger partial charge in [0.15, 0.2) is 0 Å². The van der Waals surface area contributed by atoms with Crippen molar-refractivity contribution in [3.8, 4) is 0 Å². The quantitative estimate of drug-likeness (QED) is 0.472. The highest BCUT2D eigenvalue weighted by molar-refractivity contribution is 7.80. The fourth-order valence-electron chi connectivity index (χ4n) is 1.11. The van der Waals surface area contributed by atoms with Gasteiger partial charge in [0.1, 0.15) is 0 Å². The molecule has 1 rings (SSSR count). The standard InChI is InChI=1S/C10H14S.C3H6/c1-10(2,3)8-6-4-5-7-9(8)11;1-3-2/h4-7,11H,1-3H3;3H,1H2,2H3. The predicted octanol–water partition coefficient (Wildman–Crippen LogP) is 4.47. The summed E-state index contributed by atoms with van der Waals surface area (Å²) in [6, 6.07) is 8.23. The molecule has 0 nitrogen and oxygen atoms in total. The first kappa shape index (κ1) is 13.3. The lowest BCUT2D eigenvalue weighted by Crippen LogP contribution is -2.11. The average molecular weight is 208 g/mol. The zero-order chi connectivity index (χ0) is 11.2. The first-order chi connectivity index (χ1) is 6.43. The van der Waals surface area contributed by atoms with Gasteiger partial charge in [-0.15, -0.1) is 19.2 Å². The molecule has 1 aromatic carbocycles. The number of hydrogen-bond acceptors (Lipinski definition) is 1. The Morgan fingerprint density at radius 3 is 1.93 bits per heavy atom. The maximum atomic E-state index is 4.39. The second-order valence-corrected chi connectivity index (χ2v) is 4.66. The van der Waals surface area contributed by atoms with Crippen molar-refractivity contribution in [2.75, 3.05) is 0 Å². The van der Waals surface area contributed by atoms with Gasteiger partial charge in [-0.3, -0.25) is 0 Å². The lowest BCUT2D eigenvalue weighted by Gasteiger charge is -2.20. The minimum Gasteiger partial charge on any atom is -0.143 e. The van der Waals surface area contributed by atoms with Crippen LogP contribution in [0.15, 0.2) is 41.8 Å². The molecule has 0 aliphatic rings. The lowest BCUT2D eigenvalue weighted by atomic mass is 9.87. The average Bonchev–Trinajstić information content (AvgIpc) is 2.04. The Balaban J connectivity index is 0.000000500. The van der Waals surface area contributed by atoms with Gasteiger partial charge in [0.2, 0.25) is 0 Å². The molecular weight excluding hydrogens is 188 g/mol. The molecule has 0 saturated heterocycles. The van der Waals surface area contributed by atoms with Crippen molar-refractivity contribution in [3.63, 3.8) is 0 Å². The van der Waals surface area contributed by atoms with Crippen LogP contribution in [0.4, 0.5) is 0 Å². The molecule has 1 aromatic rings. The van der Waals surface area contributed by atoms with Gasteiger partial charge in [0.05, 0.1) is 0 Å². The third kappa shape index (κ3) is 4.52. The van der Waals surface area contributed by atoms with Crippen LogP contribution in [0.2, 0.25) is 0 Å². The van der Waals surface area contributed by atoms with E-state index in [0.717, 1.165) is 4.90 Å². The van der Waals surface area contributed by atoms with Gasteiger partial charge in [-0.05, 0) is 24.0 Å². The molecule has 0 aromatic heterocycles. The summed E-state index contributed by atoms with van der Waals surface area (Å²) >= 11 is 4.39. The van der Waals surface area contributed by atoms with Crippen LogP contribution in [0.1, 0.15) is 33.3 Å². The molecule has 14 heavy (non-hydrogen) atoms. The third-order valence-corrected chi connectivity index (χ3v) is 2.10.